The van der Waals surface area contributed by atoms with Gasteiger partial charge in [0.2, 0.25) is 11.9 Å². The summed E-state index contributed by atoms with van der Waals surface area (Å²) in [6.45, 7) is 6.87. The van der Waals surface area contributed by atoms with Crippen molar-refractivity contribution in [2.24, 2.45) is 11.8 Å². The third-order valence-corrected chi connectivity index (χ3v) is 5.52. The van der Waals surface area contributed by atoms with Crippen molar-refractivity contribution in [3.63, 3.8) is 0 Å². The minimum atomic E-state index is -0.0818. The Labute approximate surface area is 171 Å². The second kappa shape index (κ2) is 8.68. The van der Waals surface area contributed by atoms with E-state index in [-0.39, 0.29) is 23.8 Å². The van der Waals surface area contributed by atoms with Gasteiger partial charge in [0, 0.05) is 25.5 Å². The summed E-state index contributed by atoms with van der Waals surface area (Å²) >= 11 is 0. The molecular weight excluding hydrogens is 368 g/mol. The van der Waals surface area contributed by atoms with Crippen molar-refractivity contribution in [1.82, 2.24) is 15.3 Å². The number of ether oxygens (including phenoxy) is 2. The molecule has 1 aromatic heterocycles. The van der Waals surface area contributed by atoms with Crippen LogP contribution in [-0.4, -0.2) is 42.2 Å². The lowest BCUT2D eigenvalue weighted by Crippen LogP contribution is -2.45. The highest BCUT2D eigenvalue weighted by Crippen LogP contribution is 2.34. The maximum absolute atomic E-state index is 13.1. The lowest BCUT2D eigenvalue weighted by Gasteiger charge is -2.33. The maximum Gasteiger partial charge on any atom is 0.225 e. The number of aromatic nitrogens is 2. The molecule has 0 radical (unpaired) electrons. The molecule has 7 nitrogen and oxygen atoms in total. The van der Waals surface area contributed by atoms with E-state index in [1.165, 1.54) is 0 Å². The van der Waals surface area contributed by atoms with Gasteiger partial charge in [-0.1, -0.05) is 19.9 Å². The highest BCUT2D eigenvalue weighted by atomic mass is 16.6. The fourth-order valence-corrected chi connectivity index (χ4v) is 3.99. The Morgan fingerprint density at radius 3 is 2.69 bits per heavy atom. The molecule has 0 spiro atoms. The van der Waals surface area contributed by atoms with Gasteiger partial charge in [0.25, 0.3) is 0 Å². The van der Waals surface area contributed by atoms with Crippen LogP contribution in [0.3, 0.4) is 0 Å². The minimum Gasteiger partial charge on any atom is -0.486 e. The van der Waals surface area contributed by atoms with Gasteiger partial charge >= 0.3 is 0 Å². The molecule has 154 valence electrons. The SMILES string of the molecule is CC(C)[C@@H](NC(=O)[C@@H]1CCCN(c2ncccn2)C1)c1ccc2c(c1)OCCO2. The van der Waals surface area contributed by atoms with Crippen LogP contribution in [-0.2, 0) is 4.79 Å². The summed E-state index contributed by atoms with van der Waals surface area (Å²) in [5.74, 6) is 2.46. The Bertz CT molecular complexity index is 843. The fourth-order valence-electron chi connectivity index (χ4n) is 3.99. The van der Waals surface area contributed by atoms with Gasteiger partial charge in [-0.05, 0) is 42.5 Å². The molecule has 7 heteroatoms. The van der Waals surface area contributed by atoms with Crippen LogP contribution < -0.4 is 19.7 Å². The van der Waals surface area contributed by atoms with E-state index in [4.69, 9.17) is 9.47 Å². The fraction of sp³-hybridized carbons (Fsp3) is 0.500. The number of rotatable bonds is 5. The van der Waals surface area contributed by atoms with Gasteiger partial charge in [-0.25, -0.2) is 9.97 Å². The first-order valence-corrected chi connectivity index (χ1v) is 10.3. The molecule has 0 saturated carbocycles. The summed E-state index contributed by atoms with van der Waals surface area (Å²) < 4.78 is 11.3. The highest BCUT2D eigenvalue weighted by Gasteiger charge is 2.30. The van der Waals surface area contributed by atoms with E-state index in [1.807, 2.05) is 18.2 Å². The Kier molecular flexibility index (Phi) is 5.83. The average Bonchev–Trinajstić information content (AvgIpc) is 2.77. The van der Waals surface area contributed by atoms with Crippen molar-refractivity contribution in [1.29, 1.82) is 0 Å². The Morgan fingerprint density at radius 2 is 1.93 bits per heavy atom. The summed E-state index contributed by atoms with van der Waals surface area (Å²) in [5, 5.41) is 3.28. The predicted molar refractivity (Wildman–Crippen MR) is 110 cm³/mol. The molecule has 0 aliphatic carbocycles. The van der Waals surface area contributed by atoms with Crippen LogP contribution in [0.5, 0.6) is 11.5 Å². The predicted octanol–water partition coefficient (Wildman–Crippen LogP) is 2.98. The number of nitrogens with zero attached hydrogens (tertiary/aromatic N) is 3. The average molecular weight is 396 g/mol. The van der Waals surface area contributed by atoms with Gasteiger partial charge in [0.15, 0.2) is 11.5 Å². The van der Waals surface area contributed by atoms with Crippen molar-refractivity contribution in [3.05, 3.63) is 42.2 Å². The molecule has 0 bridgehead atoms. The molecule has 2 aliphatic heterocycles. The molecule has 2 atom stereocenters. The number of piperidine rings is 1. The van der Waals surface area contributed by atoms with E-state index >= 15 is 0 Å². The van der Waals surface area contributed by atoms with Gasteiger partial charge in [-0.3, -0.25) is 4.79 Å². The summed E-state index contributed by atoms with van der Waals surface area (Å²) in [6.07, 6.45) is 5.30. The van der Waals surface area contributed by atoms with Crippen molar-refractivity contribution in [2.45, 2.75) is 32.7 Å². The van der Waals surface area contributed by atoms with Crippen LogP contribution in [0.25, 0.3) is 0 Å². The van der Waals surface area contributed by atoms with E-state index in [0.717, 1.165) is 36.4 Å². The van der Waals surface area contributed by atoms with Gasteiger partial charge in [-0.15, -0.1) is 0 Å². The lowest BCUT2D eigenvalue weighted by atomic mass is 9.92. The maximum atomic E-state index is 13.1. The van der Waals surface area contributed by atoms with Crippen LogP contribution in [0.2, 0.25) is 0 Å². The van der Waals surface area contributed by atoms with Crippen LogP contribution >= 0.6 is 0 Å². The van der Waals surface area contributed by atoms with Crippen molar-refractivity contribution >= 4 is 11.9 Å². The Morgan fingerprint density at radius 1 is 1.17 bits per heavy atom. The monoisotopic (exact) mass is 396 g/mol. The number of anilines is 1. The van der Waals surface area contributed by atoms with Gasteiger partial charge in [-0.2, -0.15) is 0 Å². The smallest absolute Gasteiger partial charge is 0.225 e. The molecule has 3 heterocycles. The number of carbonyl (C=O) groups excluding carboxylic acids is 1. The number of hydrogen-bond acceptors (Lipinski definition) is 6. The third kappa shape index (κ3) is 4.44. The standard InChI is InChI=1S/C22H28N4O3/c1-15(2)20(16-6-7-18-19(13-16)29-12-11-28-18)25-21(27)17-5-3-10-26(14-17)22-23-8-4-9-24-22/h4,6-9,13,15,17,20H,3,5,10-12,14H2,1-2H3,(H,25,27)/t17-,20-/m1/s1. The number of carbonyl (C=O) groups is 1. The van der Waals surface area contributed by atoms with Crippen LogP contribution in [0, 0.1) is 11.8 Å². The van der Waals surface area contributed by atoms with Crippen LogP contribution in [0.1, 0.15) is 38.3 Å². The number of hydrogen-bond donors (Lipinski definition) is 1. The zero-order valence-corrected chi connectivity index (χ0v) is 17.0. The summed E-state index contributed by atoms with van der Waals surface area (Å²) in [5.41, 5.74) is 1.04. The van der Waals surface area contributed by atoms with E-state index < -0.39 is 0 Å². The number of fused-ring (bicyclic) bond motifs is 1. The third-order valence-electron chi connectivity index (χ3n) is 5.52. The first-order valence-electron chi connectivity index (χ1n) is 10.3. The molecular formula is C22H28N4O3. The second-order valence-electron chi connectivity index (χ2n) is 7.97. The highest BCUT2D eigenvalue weighted by molar-refractivity contribution is 5.80. The van der Waals surface area contributed by atoms with E-state index in [2.05, 4.69) is 34.0 Å². The summed E-state index contributed by atoms with van der Waals surface area (Å²) in [4.78, 5) is 23.9. The van der Waals surface area contributed by atoms with Gasteiger partial charge in [0.1, 0.15) is 13.2 Å². The first kappa shape index (κ1) is 19.5. The Balaban J connectivity index is 1.46. The first-order chi connectivity index (χ1) is 14.1. The molecule has 29 heavy (non-hydrogen) atoms. The van der Waals surface area contributed by atoms with E-state index in [0.29, 0.717) is 25.7 Å². The normalized spacial score (nSPS) is 19.7. The topological polar surface area (TPSA) is 76.6 Å². The molecule has 1 N–H and O–H groups in total. The molecule has 0 unspecified atom stereocenters. The molecule has 2 aliphatic rings. The molecule has 2 aromatic rings. The number of nitrogens with one attached hydrogen (secondary N) is 1. The lowest BCUT2D eigenvalue weighted by molar-refractivity contribution is -0.126. The van der Waals surface area contributed by atoms with E-state index in [9.17, 15) is 4.79 Å². The minimum absolute atomic E-state index is 0.0778. The van der Waals surface area contributed by atoms with Crippen molar-refractivity contribution in [3.8, 4) is 11.5 Å². The largest absolute Gasteiger partial charge is 0.486 e. The van der Waals surface area contributed by atoms with Crippen molar-refractivity contribution in [2.75, 3.05) is 31.2 Å². The van der Waals surface area contributed by atoms with E-state index in [1.54, 1.807) is 18.5 Å². The number of benzene rings is 1. The quantitative estimate of drug-likeness (QED) is 0.837. The van der Waals surface area contributed by atoms with Gasteiger partial charge in [0.05, 0.1) is 12.0 Å². The number of amides is 1. The summed E-state index contributed by atoms with van der Waals surface area (Å²) in [6, 6.07) is 7.66. The van der Waals surface area contributed by atoms with Gasteiger partial charge < -0.3 is 19.7 Å². The second-order valence-corrected chi connectivity index (χ2v) is 7.97. The molecule has 1 aromatic carbocycles. The van der Waals surface area contributed by atoms with Crippen LogP contribution in [0.4, 0.5) is 5.95 Å². The molecule has 1 saturated heterocycles. The molecule has 1 amide bonds. The summed E-state index contributed by atoms with van der Waals surface area (Å²) in [7, 11) is 0. The molecule has 1 fully saturated rings. The Hall–Kier alpha value is -2.83. The zero-order chi connectivity index (χ0) is 20.2. The zero-order valence-electron chi connectivity index (χ0n) is 17.0. The van der Waals surface area contributed by atoms with Crippen LogP contribution in [0.15, 0.2) is 36.7 Å². The molecule has 4 rings (SSSR count). The van der Waals surface area contributed by atoms with Crippen molar-refractivity contribution < 1.29 is 14.3 Å².